The van der Waals surface area contributed by atoms with Gasteiger partial charge in [0.2, 0.25) is 10.0 Å². The van der Waals surface area contributed by atoms with Gasteiger partial charge >= 0.3 is 0 Å². The molecule has 0 bridgehead atoms. The molecule has 1 heterocycles. The molecular weight excluding hydrogens is 312 g/mol. The lowest BCUT2D eigenvalue weighted by Gasteiger charge is -2.32. The van der Waals surface area contributed by atoms with Gasteiger partial charge in [0.05, 0.1) is 15.5 Å². The first-order valence-electron chi connectivity index (χ1n) is 6.95. The number of sulfonamides is 1. The third kappa shape index (κ3) is 3.56. The van der Waals surface area contributed by atoms with Crippen LogP contribution in [-0.4, -0.2) is 32.3 Å². The van der Waals surface area contributed by atoms with E-state index in [-0.39, 0.29) is 21.4 Å². The number of likely N-dealkylation sites (tertiary alicyclic amines) is 1. The average Bonchev–Trinajstić information content (AvgIpc) is 2.45. The van der Waals surface area contributed by atoms with Crippen LogP contribution in [0.5, 0.6) is 0 Å². The second-order valence-corrected chi connectivity index (χ2v) is 7.24. The summed E-state index contributed by atoms with van der Waals surface area (Å²) < 4.78 is 23.3. The lowest BCUT2D eigenvalue weighted by Crippen LogP contribution is -2.39. The zero-order valence-corrected chi connectivity index (χ0v) is 13.5. The smallest absolute Gasteiger partial charge is 0.256 e. The van der Waals surface area contributed by atoms with Crippen molar-refractivity contribution >= 4 is 27.5 Å². The molecule has 0 atom stereocenters. The van der Waals surface area contributed by atoms with E-state index in [1.165, 1.54) is 18.2 Å². The van der Waals surface area contributed by atoms with Crippen molar-refractivity contribution in [1.29, 1.82) is 0 Å². The number of benzene rings is 1. The highest BCUT2D eigenvalue weighted by molar-refractivity contribution is 7.89. The van der Waals surface area contributed by atoms with Crippen molar-refractivity contribution in [3.63, 3.8) is 0 Å². The normalized spacial score (nSPS) is 17.0. The molecule has 116 valence electrons. The summed E-state index contributed by atoms with van der Waals surface area (Å²) in [5.74, 6) is 0.261. The van der Waals surface area contributed by atoms with Crippen molar-refractivity contribution in [3.05, 3.63) is 28.8 Å². The second-order valence-electron chi connectivity index (χ2n) is 5.30. The maximum absolute atomic E-state index is 12.6. The number of carbonyl (C=O) groups excluding carboxylic acids is 1. The first-order chi connectivity index (χ1) is 9.84. The van der Waals surface area contributed by atoms with E-state index in [9.17, 15) is 13.2 Å². The van der Waals surface area contributed by atoms with Gasteiger partial charge in [-0.1, -0.05) is 31.0 Å². The van der Waals surface area contributed by atoms with Crippen molar-refractivity contribution < 1.29 is 13.2 Å². The van der Waals surface area contributed by atoms with Gasteiger partial charge in [-0.05, 0) is 30.9 Å². The van der Waals surface area contributed by atoms with E-state index in [1.807, 2.05) is 0 Å². The summed E-state index contributed by atoms with van der Waals surface area (Å²) >= 11 is 6.04. The van der Waals surface area contributed by atoms with E-state index in [1.54, 1.807) is 4.90 Å². The molecular formula is C14H19ClN2O3S. The minimum absolute atomic E-state index is 0.0170. The van der Waals surface area contributed by atoms with Crippen molar-refractivity contribution in [1.82, 2.24) is 4.90 Å². The van der Waals surface area contributed by atoms with Crippen LogP contribution in [0.1, 0.15) is 36.5 Å². The summed E-state index contributed by atoms with van der Waals surface area (Å²) in [4.78, 5) is 14.0. The molecule has 2 rings (SSSR count). The fourth-order valence-corrected chi connectivity index (χ4v) is 3.71. The number of halogens is 1. The van der Waals surface area contributed by atoms with Crippen LogP contribution < -0.4 is 5.14 Å². The van der Waals surface area contributed by atoms with Crippen molar-refractivity contribution in [2.24, 2.45) is 11.1 Å². The topological polar surface area (TPSA) is 80.5 Å². The molecule has 1 aromatic carbocycles. The van der Waals surface area contributed by atoms with Crippen LogP contribution in [0.25, 0.3) is 0 Å². The van der Waals surface area contributed by atoms with Gasteiger partial charge in [0.15, 0.2) is 0 Å². The molecule has 0 saturated carbocycles. The number of amides is 1. The Labute approximate surface area is 130 Å². The third-order valence-corrected chi connectivity index (χ3v) is 5.24. The molecule has 1 aliphatic heterocycles. The zero-order chi connectivity index (χ0) is 15.6. The van der Waals surface area contributed by atoms with Crippen LogP contribution in [0.3, 0.4) is 0 Å². The molecule has 1 aromatic rings. The summed E-state index contributed by atoms with van der Waals surface area (Å²) in [5.41, 5.74) is -0.0170. The molecule has 0 radical (unpaired) electrons. The fraction of sp³-hybridized carbons (Fsp3) is 0.500. The molecule has 0 spiro atoms. The molecule has 1 amide bonds. The van der Waals surface area contributed by atoms with Crippen LogP contribution in [-0.2, 0) is 10.0 Å². The number of primary sulfonamides is 1. The van der Waals surface area contributed by atoms with E-state index in [2.05, 4.69) is 6.92 Å². The number of hydrogen-bond acceptors (Lipinski definition) is 3. The number of piperidine rings is 1. The Bertz CT molecular complexity index is 638. The molecule has 0 aromatic heterocycles. The van der Waals surface area contributed by atoms with E-state index in [0.717, 1.165) is 19.3 Å². The standard InChI is InChI=1S/C14H19ClN2O3S/c1-2-10-6-8-17(9-7-10)14(18)13-11(15)4-3-5-12(13)21(16,19)20/h3-5,10H,2,6-9H2,1H3,(H2,16,19,20). The molecule has 0 aliphatic carbocycles. The Kier molecular flexibility index (Phi) is 4.91. The van der Waals surface area contributed by atoms with Gasteiger partial charge in [-0.25, -0.2) is 13.6 Å². The van der Waals surface area contributed by atoms with Gasteiger partial charge in [-0.15, -0.1) is 0 Å². The largest absolute Gasteiger partial charge is 0.339 e. The fourth-order valence-electron chi connectivity index (χ4n) is 2.65. The maximum atomic E-state index is 12.6. The molecule has 5 nitrogen and oxygen atoms in total. The zero-order valence-electron chi connectivity index (χ0n) is 11.9. The molecule has 21 heavy (non-hydrogen) atoms. The Balaban J connectivity index is 2.32. The molecule has 1 aliphatic rings. The van der Waals surface area contributed by atoms with Gasteiger partial charge in [0, 0.05) is 13.1 Å². The van der Waals surface area contributed by atoms with Crippen LogP contribution in [0, 0.1) is 5.92 Å². The van der Waals surface area contributed by atoms with Crippen LogP contribution in [0.4, 0.5) is 0 Å². The highest BCUT2D eigenvalue weighted by Crippen LogP contribution is 2.27. The monoisotopic (exact) mass is 330 g/mol. The second kappa shape index (κ2) is 6.34. The predicted octanol–water partition coefficient (Wildman–Crippen LogP) is 2.25. The summed E-state index contributed by atoms with van der Waals surface area (Å²) in [7, 11) is -3.99. The maximum Gasteiger partial charge on any atom is 0.256 e. The molecule has 1 fully saturated rings. The van der Waals surface area contributed by atoms with Gasteiger partial charge in [0.25, 0.3) is 5.91 Å². The predicted molar refractivity (Wildman–Crippen MR) is 81.7 cm³/mol. The number of carbonyl (C=O) groups is 1. The van der Waals surface area contributed by atoms with Gasteiger partial charge in [-0.3, -0.25) is 4.79 Å². The van der Waals surface area contributed by atoms with Crippen molar-refractivity contribution in [2.75, 3.05) is 13.1 Å². The first-order valence-corrected chi connectivity index (χ1v) is 8.87. The van der Waals surface area contributed by atoms with Gasteiger partial charge in [-0.2, -0.15) is 0 Å². The Hall–Kier alpha value is -1.11. The lowest BCUT2D eigenvalue weighted by molar-refractivity contribution is 0.0685. The molecule has 1 saturated heterocycles. The van der Waals surface area contributed by atoms with Gasteiger partial charge in [0.1, 0.15) is 0 Å². The highest BCUT2D eigenvalue weighted by Gasteiger charge is 2.28. The minimum atomic E-state index is -3.99. The van der Waals surface area contributed by atoms with Crippen molar-refractivity contribution in [3.8, 4) is 0 Å². The SMILES string of the molecule is CCC1CCN(C(=O)c2c(Cl)cccc2S(N)(=O)=O)CC1. The number of rotatable bonds is 3. The molecule has 0 unspecified atom stereocenters. The van der Waals surface area contributed by atoms with Gasteiger partial charge < -0.3 is 4.90 Å². The average molecular weight is 331 g/mol. The summed E-state index contributed by atoms with van der Waals surface area (Å²) in [6, 6.07) is 4.29. The first kappa shape index (κ1) is 16.3. The summed E-state index contributed by atoms with van der Waals surface area (Å²) in [6.07, 6.45) is 2.95. The van der Waals surface area contributed by atoms with Crippen LogP contribution in [0.15, 0.2) is 23.1 Å². The van der Waals surface area contributed by atoms with Crippen LogP contribution in [0.2, 0.25) is 5.02 Å². The minimum Gasteiger partial charge on any atom is -0.339 e. The quantitative estimate of drug-likeness (QED) is 0.923. The summed E-state index contributed by atoms with van der Waals surface area (Å²) in [5, 5.41) is 5.30. The molecule has 2 N–H and O–H groups in total. The Morgan fingerprint density at radius 1 is 1.38 bits per heavy atom. The Morgan fingerprint density at radius 2 is 2.00 bits per heavy atom. The number of hydrogen-bond donors (Lipinski definition) is 1. The van der Waals surface area contributed by atoms with E-state index in [4.69, 9.17) is 16.7 Å². The van der Waals surface area contributed by atoms with Crippen molar-refractivity contribution in [2.45, 2.75) is 31.1 Å². The lowest BCUT2D eigenvalue weighted by atomic mass is 9.94. The highest BCUT2D eigenvalue weighted by atomic mass is 35.5. The summed E-state index contributed by atoms with van der Waals surface area (Å²) in [6.45, 7) is 3.37. The number of nitrogens with two attached hydrogens (primary N) is 1. The van der Waals surface area contributed by atoms with E-state index >= 15 is 0 Å². The Morgan fingerprint density at radius 3 is 2.52 bits per heavy atom. The van der Waals surface area contributed by atoms with E-state index < -0.39 is 10.0 Å². The van der Waals surface area contributed by atoms with E-state index in [0.29, 0.717) is 19.0 Å². The van der Waals surface area contributed by atoms with Crippen LogP contribution >= 0.6 is 11.6 Å². The molecule has 7 heteroatoms. The third-order valence-electron chi connectivity index (χ3n) is 3.97. The number of nitrogens with zero attached hydrogens (tertiary/aromatic N) is 1.